The summed E-state index contributed by atoms with van der Waals surface area (Å²) in [4.78, 5) is 16.9. The van der Waals surface area contributed by atoms with Gasteiger partial charge in [-0.2, -0.15) is 0 Å². The van der Waals surface area contributed by atoms with Gasteiger partial charge >= 0.3 is 0 Å². The molecule has 134 valence electrons. The van der Waals surface area contributed by atoms with Crippen molar-refractivity contribution in [3.63, 3.8) is 0 Å². The molecule has 5 heteroatoms. The van der Waals surface area contributed by atoms with Crippen LogP contribution in [0, 0.1) is 18.8 Å². The van der Waals surface area contributed by atoms with Crippen LogP contribution in [0.25, 0.3) is 0 Å². The number of aliphatic hydroxyl groups excluding tert-OH is 1. The van der Waals surface area contributed by atoms with Crippen molar-refractivity contribution in [1.29, 1.82) is 0 Å². The first-order valence-electron chi connectivity index (χ1n) is 8.67. The van der Waals surface area contributed by atoms with Crippen LogP contribution in [0.15, 0.2) is 24.3 Å². The van der Waals surface area contributed by atoms with Crippen molar-refractivity contribution in [1.82, 2.24) is 9.80 Å². The minimum absolute atomic E-state index is 0.0673. The number of carbonyl (C=O) groups excluding carboxylic acids is 1. The first-order chi connectivity index (χ1) is 11.5. The molecular weight excluding hydrogens is 304 g/mol. The molecule has 0 aromatic heterocycles. The van der Waals surface area contributed by atoms with Crippen LogP contribution in [-0.4, -0.2) is 74.4 Å². The van der Waals surface area contributed by atoms with E-state index in [-0.39, 0.29) is 18.4 Å². The van der Waals surface area contributed by atoms with E-state index in [4.69, 9.17) is 4.74 Å². The minimum Gasteiger partial charge on any atom is -0.396 e. The molecule has 2 rings (SSSR count). The maximum Gasteiger partial charge on any atom is 0.253 e. The van der Waals surface area contributed by atoms with Gasteiger partial charge in [0.2, 0.25) is 0 Å². The number of aryl methyl sites for hydroxylation is 1. The van der Waals surface area contributed by atoms with Crippen LogP contribution < -0.4 is 0 Å². The van der Waals surface area contributed by atoms with E-state index in [9.17, 15) is 9.90 Å². The number of hydrogen-bond donors (Lipinski definition) is 1. The molecular formula is C19H30N2O3. The van der Waals surface area contributed by atoms with E-state index in [0.717, 1.165) is 37.2 Å². The summed E-state index contributed by atoms with van der Waals surface area (Å²) in [6, 6.07) is 7.72. The summed E-state index contributed by atoms with van der Waals surface area (Å²) in [6.45, 7) is 6.04. The van der Waals surface area contributed by atoms with Crippen LogP contribution in [0.3, 0.4) is 0 Å². The highest BCUT2D eigenvalue weighted by atomic mass is 16.5. The van der Waals surface area contributed by atoms with Gasteiger partial charge in [-0.15, -0.1) is 0 Å². The van der Waals surface area contributed by atoms with Gasteiger partial charge in [0.15, 0.2) is 0 Å². The maximum atomic E-state index is 12.8. The lowest BCUT2D eigenvalue weighted by Gasteiger charge is -2.38. The molecule has 1 aliphatic rings. The topological polar surface area (TPSA) is 53.0 Å². The second-order valence-corrected chi connectivity index (χ2v) is 6.98. The normalized spacial score (nSPS) is 21.3. The van der Waals surface area contributed by atoms with E-state index < -0.39 is 0 Å². The van der Waals surface area contributed by atoms with Gasteiger partial charge in [0.1, 0.15) is 0 Å². The van der Waals surface area contributed by atoms with Crippen molar-refractivity contribution >= 4 is 5.91 Å². The van der Waals surface area contributed by atoms with E-state index in [0.29, 0.717) is 19.1 Å². The van der Waals surface area contributed by atoms with Gasteiger partial charge in [-0.3, -0.25) is 4.79 Å². The number of nitrogens with zero attached hydrogens (tertiary/aromatic N) is 2. The summed E-state index contributed by atoms with van der Waals surface area (Å²) in [5, 5.41) is 9.62. The van der Waals surface area contributed by atoms with Gasteiger partial charge < -0.3 is 19.6 Å². The summed E-state index contributed by atoms with van der Waals surface area (Å²) in [7, 11) is 3.78. The van der Waals surface area contributed by atoms with Crippen molar-refractivity contribution in [3.8, 4) is 0 Å². The fourth-order valence-electron chi connectivity index (χ4n) is 3.41. The number of carbonyl (C=O) groups is 1. The predicted molar refractivity (Wildman–Crippen MR) is 95.1 cm³/mol. The fraction of sp³-hybridized carbons (Fsp3) is 0.632. The van der Waals surface area contributed by atoms with E-state index in [1.54, 1.807) is 7.11 Å². The number of likely N-dealkylation sites (N-methyl/N-ethyl adjacent to an activating group) is 1. The van der Waals surface area contributed by atoms with Crippen LogP contribution >= 0.6 is 0 Å². The number of rotatable bonds is 7. The van der Waals surface area contributed by atoms with Gasteiger partial charge in [0.25, 0.3) is 5.91 Å². The molecule has 0 spiro atoms. The molecule has 1 amide bonds. The number of ether oxygens (including phenoxy) is 1. The van der Waals surface area contributed by atoms with Crippen molar-refractivity contribution in [3.05, 3.63) is 35.4 Å². The second kappa shape index (κ2) is 9.16. The van der Waals surface area contributed by atoms with Crippen molar-refractivity contribution in [2.75, 3.05) is 53.6 Å². The molecule has 1 aromatic carbocycles. The molecule has 0 bridgehead atoms. The Kier molecular flexibility index (Phi) is 7.21. The molecule has 0 saturated carbocycles. The average Bonchev–Trinajstić information content (AvgIpc) is 2.59. The number of piperidine rings is 1. The van der Waals surface area contributed by atoms with Gasteiger partial charge in [-0.05, 0) is 44.4 Å². The monoisotopic (exact) mass is 334 g/mol. The van der Waals surface area contributed by atoms with E-state index >= 15 is 0 Å². The number of hydrogen-bond acceptors (Lipinski definition) is 4. The molecule has 0 aliphatic carbocycles. The average molecular weight is 334 g/mol. The van der Waals surface area contributed by atoms with Gasteiger partial charge in [0, 0.05) is 45.5 Å². The van der Waals surface area contributed by atoms with Crippen molar-refractivity contribution < 1.29 is 14.6 Å². The lowest BCUT2D eigenvalue weighted by atomic mass is 9.89. The summed E-state index contributed by atoms with van der Waals surface area (Å²) in [6.07, 6.45) is 0.964. The maximum absolute atomic E-state index is 12.8. The molecule has 1 aromatic rings. The van der Waals surface area contributed by atoms with Crippen molar-refractivity contribution in [2.24, 2.45) is 11.8 Å². The Labute approximate surface area is 145 Å². The van der Waals surface area contributed by atoms with E-state index in [1.807, 2.05) is 36.1 Å². The Balaban J connectivity index is 2.01. The third-order valence-electron chi connectivity index (χ3n) is 4.71. The second-order valence-electron chi connectivity index (χ2n) is 6.98. The smallest absolute Gasteiger partial charge is 0.253 e. The molecule has 1 fully saturated rings. The molecule has 2 atom stereocenters. The molecule has 1 heterocycles. The summed E-state index contributed by atoms with van der Waals surface area (Å²) < 4.78 is 5.12. The van der Waals surface area contributed by atoms with E-state index in [1.165, 1.54) is 0 Å². The highest BCUT2D eigenvalue weighted by Gasteiger charge is 2.30. The number of likely N-dealkylation sites (tertiary alicyclic amines) is 1. The molecule has 1 saturated heterocycles. The van der Waals surface area contributed by atoms with Gasteiger partial charge in [-0.25, -0.2) is 0 Å². The Bertz CT molecular complexity index is 518. The molecule has 1 aliphatic heterocycles. The standard InChI is InChI=1S/C19H30N2O3/c1-15-4-6-18(7-5-15)19(23)21-12-16(10-17(13-21)14-22)11-20(2)8-9-24-3/h4-7,16-17,22H,8-14H2,1-3H3. The number of aliphatic hydroxyl groups is 1. The molecule has 2 unspecified atom stereocenters. The highest BCUT2D eigenvalue weighted by molar-refractivity contribution is 5.94. The Morgan fingerprint density at radius 3 is 2.58 bits per heavy atom. The largest absolute Gasteiger partial charge is 0.396 e. The SMILES string of the molecule is COCCN(C)CC1CC(CO)CN(C(=O)c2ccc(C)cc2)C1. The Morgan fingerprint density at radius 2 is 1.96 bits per heavy atom. The Morgan fingerprint density at radius 1 is 1.29 bits per heavy atom. The quantitative estimate of drug-likeness (QED) is 0.824. The van der Waals surface area contributed by atoms with Crippen molar-refractivity contribution in [2.45, 2.75) is 13.3 Å². The number of methoxy groups -OCH3 is 1. The fourth-order valence-corrected chi connectivity index (χ4v) is 3.41. The molecule has 24 heavy (non-hydrogen) atoms. The number of benzene rings is 1. The van der Waals surface area contributed by atoms with Crippen LogP contribution in [0.5, 0.6) is 0 Å². The predicted octanol–water partition coefficient (Wildman–Crippen LogP) is 1.64. The number of amides is 1. The zero-order chi connectivity index (χ0) is 17.5. The minimum atomic E-state index is 0.0673. The highest BCUT2D eigenvalue weighted by Crippen LogP contribution is 2.24. The summed E-state index contributed by atoms with van der Waals surface area (Å²) in [5.41, 5.74) is 1.88. The lowest BCUT2D eigenvalue weighted by molar-refractivity contribution is 0.0451. The zero-order valence-corrected chi connectivity index (χ0v) is 15.1. The van der Waals surface area contributed by atoms with Gasteiger partial charge in [-0.1, -0.05) is 17.7 Å². The van der Waals surface area contributed by atoms with Crippen LogP contribution in [-0.2, 0) is 4.74 Å². The third-order valence-corrected chi connectivity index (χ3v) is 4.71. The summed E-state index contributed by atoms with van der Waals surface area (Å²) in [5.74, 6) is 0.610. The van der Waals surface area contributed by atoms with E-state index in [2.05, 4.69) is 11.9 Å². The molecule has 0 radical (unpaired) electrons. The van der Waals surface area contributed by atoms with Crippen LogP contribution in [0.4, 0.5) is 0 Å². The molecule has 1 N–H and O–H groups in total. The lowest BCUT2D eigenvalue weighted by Crippen LogP contribution is -2.47. The first-order valence-corrected chi connectivity index (χ1v) is 8.67. The summed E-state index contributed by atoms with van der Waals surface area (Å²) >= 11 is 0. The molecule has 5 nitrogen and oxygen atoms in total. The van der Waals surface area contributed by atoms with Crippen LogP contribution in [0.2, 0.25) is 0 Å². The third kappa shape index (κ3) is 5.30. The first kappa shape index (κ1) is 18.9. The Hall–Kier alpha value is -1.43. The van der Waals surface area contributed by atoms with Crippen LogP contribution in [0.1, 0.15) is 22.3 Å². The zero-order valence-electron chi connectivity index (χ0n) is 15.1. The van der Waals surface area contributed by atoms with Gasteiger partial charge in [0.05, 0.1) is 6.61 Å².